The molecule has 0 fully saturated rings. The van der Waals surface area contributed by atoms with Crippen LogP contribution in [0.15, 0.2) is 12.1 Å². The van der Waals surface area contributed by atoms with Crippen molar-refractivity contribution in [1.29, 1.82) is 0 Å². The lowest BCUT2D eigenvalue weighted by molar-refractivity contribution is 0.0150. The number of hydrogen-bond acceptors (Lipinski definition) is 3. The quantitative estimate of drug-likeness (QED) is 0.730. The standard InChI is InChI=1S/C10H12Cl2FNO2/c11-6-3-5(4-7(12)9(6)13)10(16)8(15)1-2-14/h3-4,8,10,15-16H,1-2,14H2. The Morgan fingerprint density at radius 3 is 2.19 bits per heavy atom. The Morgan fingerprint density at radius 2 is 1.75 bits per heavy atom. The summed E-state index contributed by atoms with van der Waals surface area (Å²) < 4.78 is 13.1. The second kappa shape index (κ2) is 5.80. The number of aliphatic hydroxyl groups excluding tert-OH is 2. The number of benzene rings is 1. The van der Waals surface area contributed by atoms with Crippen molar-refractivity contribution in [3.63, 3.8) is 0 Å². The maximum Gasteiger partial charge on any atom is 0.160 e. The van der Waals surface area contributed by atoms with E-state index in [4.69, 9.17) is 28.9 Å². The molecule has 16 heavy (non-hydrogen) atoms. The first-order valence-corrected chi connectivity index (χ1v) is 5.43. The molecular weight excluding hydrogens is 256 g/mol. The van der Waals surface area contributed by atoms with Crippen LogP contribution in [-0.2, 0) is 0 Å². The van der Waals surface area contributed by atoms with Gasteiger partial charge in [0.05, 0.1) is 16.1 Å². The molecule has 0 bridgehead atoms. The molecule has 4 N–H and O–H groups in total. The molecule has 1 aromatic carbocycles. The third kappa shape index (κ3) is 3.06. The fourth-order valence-electron chi connectivity index (χ4n) is 1.30. The van der Waals surface area contributed by atoms with E-state index in [1.165, 1.54) is 12.1 Å². The number of hydrogen-bond donors (Lipinski definition) is 3. The van der Waals surface area contributed by atoms with E-state index >= 15 is 0 Å². The van der Waals surface area contributed by atoms with Crippen LogP contribution in [0.2, 0.25) is 10.0 Å². The second-order valence-electron chi connectivity index (χ2n) is 3.39. The van der Waals surface area contributed by atoms with Crippen molar-refractivity contribution in [2.24, 2.45) is 5.73 Å². The molecule has 1 aromatic rings. The maximum atomic E-state index is 13.1. The minimum Gasteiger partial charge on any atom is -0.390 e. The highest BCUT2D eigenvalue weighted by Crippen LogP contribution is 2.29. The first-order valence-electron chi connectivity index (χ1n) is 4.68. The molecule has 0 radical (unpaired) electrons. The molecule has 0 aliphatic heterocycles. The highest BCUT2D eigenvalue weighted by Gasteiger charge is 2.20. The van der Waals surface area contributed by atoms with E-state index in [-0.39, 0.29) is 28.6 Å². The highest BCUT2D eigenvalue weighted by atomic mass is 35.5. The summed E-state index contributed by atoms with van der Waals surface area (Å²) in [6.45, 7) is 0.237. The summed E-state index contributed by atoms with van der Waals surface area (Å²) in [5, 5.41) is 18.8. The Morgan fingerprint density at radius 1 is 1.25 bits per heavy atom. The van der Waals surface area contributed by atoms with Crippen LogP contribution < -0.4 is 5.73 Å². The molecule has 2 unspecified atom stereocenters. The third-order valence-corrected chi connectivity index (χ3v) is 2.72. The lowest BCUT2D eigenvalue weighted by Gasteiger charge is -2.18. The van der Waals surface area contributed by atoms with E-state index in [1.807, 2.05) is 0 Å². The van der Waals surface area contributed by atoms with Crippen molar-refractivity contribution < 1.29 is 14.6 Å². The molecule has 1 rings (SSSR count). The van der Waals surface area contributed by atoms with E-state index in [1.54, 1.807) is 0 Å². The van der Waals surface area contributed by atoms with Gasteiger partial charge in [0, 0.05) is 0 Å². The number of aliphatic hydroxyl groups is 2. The van der Waals surface area contributed by atoms with Gasteiger partial charge in [-0.3, -0.25) is 0 Å². The Labute approximate surface area is 103 Å². The summed E-state index contributed by atoms with van der Waals surface area (Å²) in [5.74, 6) is -0.743. The highest BCUT2D eigenvalue weighted by molar-refractivity contribution is 6.35. The molecule has 0 aromatic heterocycles. The molecule has 3 nitrogen and oxygen atoms in total. The number of nitrogens with two attached hydrogens (primary N) is 1. The number of halogens is 3. The minimum atomic E-state index is -1.18. The lowest BCUT2D eigenvalue weighted by Crippen LogP contribution is -2.21. The number of rotatable bonds is 4. The van der Waals surface area contributed by atoms with E-state index in [0.717, 1.165) is 0 Å². The van der Waals surface area contributed by atoms with Crippen molar-refractivity contribution in [1.82, 2.24) is 0 Å². The predicted molar refractivity (Wildman–Crippen MR) is 61.1 cm³/mol. The summed E-state index contributed by atoms with van der Waals surface area (Å²) in [5.41, 5.74) is 5.51. The largest absolute Gasteiger partial charge is 0.390 e. The lowest BCUT2D eigenvalue weighted by atomic mass is 10.0. The average Bonchev–Trinajstić information content (AvgIpc) is 2.24. The summed E-state index contributed by atoms with van der Waals surface area (Å²) in [6.07, 6.45) is -1.98. The SMILES string of the molecule is NCCC(O)C(O)c1cc(Cl)c(F)c(Cl)c1. The monoisotopic (exact) mass is 267 g/mol. The molecule has 0 heterocycles. The maximum absolute atomic E-state index is 13.1. The van der Waals surface area contributed by atoms with Gasteiger partial charge in [0.2, 0.25) is 0 Å². The summed E-state index contributed by atoms with van der Waals surface area (Å²) >= 11 is 11.1. The smallest absolute Gasteiger partial charge is 0.160 e. The van der Waals surface area contributed by atoms with Gasteiger partial charge in [0.25, 0.3) is 0 Å². The molecule has 6 heteroatoms. The van der Waals surface area contributed by atoms with Crippen molar-refractivity contribution in [3.8, 4) is 0 Å². The minimum absolute atomic E-state index is 0.193. The first kappa shape index (κ1) is 13.7. The van der Waals surface area contributed by atoms with E-state index < -0.39 is 18.0 Å². The van der Waals surface area contributed by atoms with E-state index in [0.29, 0.717) is 0 Å². The van der Waals surface area contributed by atoms with Gasteiger partial charge in [0.1, 0.15) is 6.10 Å². The summed E-state index contributed by atoms with van der Waals surface area (Å²) in [4.78, 5) is 0. The van der Waals surface area contributed by atoms with Gasteiger partial charge in [-0.15, -0.1) is 0 Å². The van der Waals surface area contributed by atoms with Crippen molar-refractivity contribution in [2.75, 3.05) is 6.54 Å². The normalized spacial score (nSPS) is 14.9. The second-order valence-corrected chi connectivity index (χ2v) is 4.20. The van der Waals surface area contributed by atoms with Crippen molar-refractivity contribution in [2.45, 2.75) is 18.6 Å². The van der Waals surface area contributed by atoms with Crippen LogP contribution in [0.25, 0.3) is 0 Å². The van der Waals surface area contributed by atoms with E-state index in [2.05, 4.69) is 0 Å². The molecule has 0 aliphatic rings. The fourth-order valence-corrected chi connectivity index (χ4v) is 1.80. The van der Waals surface area contributed by atoms with Crippen LogP contribution in [0.5, 0.6) is 0 Å². The summed E-state index contributed by atoms with van der Waals surface area (Å²) in [6, 6.07) is 2.46. The third-order valence-electron chi connectivity index (χ3n) is 2.17. The molecule has 0 aliphatic carbocycles. The molecule has 0 saturated heterocycles. The van der Waals surface area contributed by atoms with Gasteiger partial charge in [-0.05, 0) is 30.7 Å². The molecule has 2 atom stereocenters. The zero-order valence-corrected chi connectivity index (χ0v) is 9.84. The van der Waals surface area contributed by atoms with Crippen LogP contribution in [-0.4, -0.2) is 22.9 Å². The van der Waals surface area contributed by atoms with Gasteiger partial charge in [-0.2, -0.15) is 0 Å². The Hall–Kier alpha value is -0.390. The van der Waals surface area contributed by atoms with Gasteiger partial charge in [-0.1, -0.05) is 23.2 Å². The van der Waals surface area contributed by atoms with Crippen LogP contribution >= 0.6 is 23.2 Å². The average molecular weight is 268 g/mol. The van der Waals surface area contributed by atoms with Crippen molar-refractivity contribution in [3.05, 3.63) is 33.6 Å². The predicted octanol–water partition coefficient (Wildman–Crippen LogP) is 1.88. The van der Waals surface area contributed by atoms with Gasteiger partial charge in [-0.25, -0.2) is 4.39 Å². The molecular formula is C10H12Cl2FNO2. The Kier molecular flexibility index (Phi) is 4.95. The van der Waals surface area contributed by atoms with E-state index in [9.17, 15) is 14.6 Å². The Bertz CT molecular complexity index is 353. The van der Waals surface area contributed by atoms with Crippen molar-refractivity contribution >= 4 is 23.2 Å². The molecule has 0 amide bonds. The molecule has 90 valence electrons. The first-order chi connectivity index (χ1) is 7.47. The molecule has 0 saturated carbocycles. The van der Waals surface area contributed by atoms with Crippen LogP contribution in [0.1, 0.15) is 18.1 Å². The zero-order chi connectivity index (χ0) is 12.3. The van der Waals surface area contributed by atoms with Crippen LogP contribution in [0.4, 0.5) is 4.39 Å². The zero-order valence-electron chi connectivity index (χ0n) is 8.33. The van der Waals surface area contributed by atoms with Gasteiger partial charge < -0.3 is 15.9 Å². The summed E-state index contributed by atoms with van der Waals surface area (Å²) in [7, 11) is 0. The van der Waals surface area contributed by atoms with Gasteiger partial charge >= 0.3 is 0 Å². The molecule has 0 spiro atoms. The van der Waals surface area contributed by atoms with Crippen LogP contribution in [0.3, 0.4) is 0 Å². The van der Waals surface area contributed by atoms with Crippen LogP contribution in [0, 0.1) is 5.82 Å². The Balaban J connectivity index is 2.96. The van der Waals surface area contributed by atoms with Gasteiger partial charge in [0.15, 0.2) is 5.82 Å². The fraction of sp³-hybridized carbons (Fsp3) is 0.400. The topological polar surface area (TPSA) is 66.5 Å².